The lowest BCUT2D eigenvalue weighted by molar-refractivity contribution is 0.243. The molecule has 0 aliphatic carbocycles. The highest BCUT2D eigenvalue weighted by molar-refractivity contribution is 5.19. The van der Waals surface area contributed by atoms with E-state index in [1.54, 1.807) is 12.1 Å². The fraction of sp³-hybridized carbons (Fsp3) is 0.385. The molecule has 0 saturated heterocycles. The number of ether oxygens (including phenoxy) is 1. The highest BCUT2D eigenvalue weighted by Gasteiger charge is 2.03. The van der Waals surface area contributed by atoms with Gasteiger partial charge in [-0.1, -0.05) is 18.7 Å². The van der Waals surface area contributed by atoms with Crippen LogP contribution < -0.4 is 5.32 Å². The third kappa shape index (κ3) is 4.45. The number of benzene rings is 1. The molecule has 1 unspecified atom stereocenters. The van der Waals surface area contributed by atoms with Crippen molar-refractivity contribution in [3.8, 4) is 0 Å². The maximum Gasteiger partial charge on any atom is 0.123 e. The van der Waals surface area contributed by atoms with Crippen LogP contribution in [0.4, 0.5) is 4.39 Å². The maximum absolute atomic E-state index is 12.7. The molecule has 16 heavy (non-hydrogen) atoms. The molecule has 1 rings (SSSR count). The van der Waals surface area contributed by atoms with E-state index in [-0.39, 0.29) is 11.9 Å². The van der Waals surface area contributed by atoms with Crippen molar-refractivity contribution in [2.45, 2.75) is 19.4 Å². The molecule has 0 aliphatic rings. The third-order valence-corrected chi connectivity index (χ3v) is 2.38. The van der Waals surface area contributed by atoms with Crippen molar-refractivity contribution in [1.29, 1.82) is 0 Å². The Balaban J connectivity index is 2.26. The van der Waals surface area contributed by atoms with Crippen LogP contribution in [0, 0.1) is 5.82 Å². The average molecular weight is 223 g/mol. The molecule has 0 aliphatic heterocycles. The van der Waals surface area contributed by atoms with E-state index in [0.717, 1.165) is 18.5 Å². The second-order valence-electron chi connectivity index (χ2n) is 3.62. The third-order valence-electron chi connectivity index (χ3n) is 2.38. The van der Waals surface area contributed by atoms with Gasteiger partial charge >= 0.3 is 0 Å². The molecular weight excluding hydrogens is 205 g/mol. The SMILES string of the molecule is C=COCCCNC(C)c1ccc(F)cc1. The summed E-state index contributed by atoms with van der Waals surface area (Å²) in [7, 11) is 0. The summed E-state index contributed by atoms with van der Waals surface area (Å²) < 4.78 is 17.7. The van der Waals surface area contributed by atoms with Gasteiger partial charge in [0.25, 0.3) is 0 Å². The lowest BCUT2D eigenvalue weighted by atomic mass is 10.1. The van der Waals surface area contributed by atoms with E-state index in [1.165, 1.54) is 18.4 Å². The highest BCUT2D eigenvalue weighted by Crippen LogP contribution is 2.12. The van der Waals surface area contributed by atoms with Crippen molar-refractivity contribution in [3.63, 3.8) is 0 Å². The first-order valence-corrected chi connectivity index (χ1v) is 5.45. The Bertz CT molecular complexity index is 310. The van der Waals surface area contributed by atoms with Crippen LogP contribution in [0.5, 0.6) is 0 Å². The van der Waals surface area contributed by atoms with Gasteiger partial charge in [-0.15, -0.1) is 0 Å². The second-order valence-corrected chi connectivity index (χ2v) is 3.62. The molecule has 1 N–H and O–H groups in total. The van der Waals surface area contributed by atoms with Gasteiger partial charge in [0.2, 0.25) is 0 Å². The van der Waals surface area contributed by atoms with Gasteiger partial charge in [0, 0.05) is 6.04 Å². The van der Waals surface area contributed by atoms with Gasteiger partial charge in [-0.05, 0) is 37.6 Å². The summed E-state index contributed by atoms with van der Waals surface area (Å²) in [6.07, 6.45) is 2.38. The van der Waals surface area contributed by atoms with Crippen LogP contribution in [0.2, 0.25) is 0 Å². The molecule has 1 aromatic rings. The van der Waals surface area contributed by atoms with Gasteiger partial charge in [-0.3, -0.25) is 0 Å². The Morgan fingerprint density at radius 3 is 2.75 bits per heavy atom. The molecule has 3 heteroatoms. The van der Waals surface area contributed by atoms with Crippen molar-refractivity contribution >= 4 is 0 Å². The number of rotatable bonds is 7. The smallest absolute Gasteiger partial charge is 0.123 e. The fourth-order valence-electron chi connectivity index (χ4n) is 1.43. The molecule has 2 nitrogen and oxygen atoms in total. The second kappa shape index (κ2) is 7.01. The first-order chi connectivity index (χ1) is 7.74. The monoisotopic (exact) mass is 223 g/mol. The largest absolute Gasteiger partial charge is 0.502 e. The molecule has 1 atom stereocenters. The van der Waals surface area contributed by atoms with E-state index in [0.29, 0.717) is 6.61 Å². The summed E-state index contributed by atoms with van der Waals surface area (Å²) >= 11 is 0. The van der Waals surface area contributed by atoms with Gasteiger partial charge in [0.15, 0.2) is 0 Å². The number of halogens is 1. The highest BCUT2D eigenvalue weighted by atomic mass is 19.1. The maximum atomic E-state index is 12.7. The van der Waals surface area contributed by atoms with Crippen LogP contribution in [-0.4, -0.2) is 13.2 Å². The topological polar surface area (TPSA) is 21.3 Å². The van der Waals surface area contributed by atoms with E-state index >= 15 is 0 Å². The molecule has 0 saturated carbocycles. The minimum absolute atomic E-state index is 0.199. The average Bonchev–Trinajstić information content (AvgIpc) is 2.29. The molecule has 0 radical (unpaired) electrons. The molecule has 0 aromatic heterocycles. The molecule has 0 fully saturated rings. The van der Waals surface area contributed by atoms with E-state index in [9.17, 15) is 4.39 Å². The van der Waals surface area contributed by atoms with Gasteiger partial charge in [-0.2, -0.15) is 0 Å². The first-order valence-electron chi connectivity index (χ1n) is 5.45. The predicted octanol–water partition coefficient (Wildman–Crippen LogP) is 3.03. The Morgan fingerprint density at radius 2 is 2.12 bits per heavy atom. The fourth-order valence-corrected chi connectivity index (χ4v) is 1.43. The molecule has 0 bridgehead atoms. The van der Waals surface area contributed by atoms with Crippen LogP contribution in [0.3, 0.4) is 0 Å². The molecular formula is C13H18FNO. The Hall–Kier alpha value is -1.35. The van der Waals surface area contributed by atoms with Crippen molar-refractivity contribution < 1.29 is 9.13 Å². The standard InChI is InChI=1S/C13H18FNO/c1-3-16-10-4-9-15-11(2)12-5-7-13(14)8-6-12/h3,5-8,11,15H,1,4,9-10H2,2H3. The van der Waals surface area contributed by atoms with Gasteiger partial charge in [0.1, 0.15) is 5.82 Å². The summed E-state index contributed by atoms with van der Waals surface area (Å²) in [6, 6.07) is 6.78. The minimum atomic E-state index is -0.199. The van der Waals surface area contributed by atoms with Crippen molar-refractivity contribution in [2.75, 3.05) is 13.2 Å². The van der Waals surface area contributed by atoms with Crippen molar-refractivity contribution in [2.24, 2.45) is 0 Å². The lowest BCUT2D eigenvalue weighted by Crippen LogP contribution is -2.20. The van der Waals surface area contributed by atoms with Gasteiger partial charge < -0.3 is 10.1 Å². The van der Waals surface area contributed by atoms with Gasteiger partial charge in [0.05, 0.1) is 12.9 Å². The molecule has 0 heterocycles. The Labute approximate surface area is 96.1 Å². The zero-order valence-electron chi connectivity index (χ0n) is 9.58. The zero-order chi connectivity index (χ0) is 11.8. The number of hydrogen-bond donors (Lipinski definition) is 1. The van der Waals surface area contributed by atoms with Crippen LogP contribution in [0.1, 0.15) is 24.9 Å². The Kier molecular flexibility index (Phi) is 5.57. The normalized spacial score (nSPS) is 12.1. The quantitative estimate of drug-likeness (QED) is 0.566. The number of nitrogens with one attached hydrogen (secondary N) is 1. The van der Waals surface area contributed by atoms with Crippen LogP contribution in [0.15, 0.2) is 37.1 Å². The Morgan fingerprint density at radius 1 is 1.44 bits per heavy atom. The summed E-state index contributed by atoms with van der Waals surface area (Å²) in [4.78, 5) is 0. The van der Waals surface area contributed by atoms with Crippen molar-refractivity contribution in [3.05, 3.63) is 48.5 Å². The van der Waals surface area contributed by atoms with Crippen molar-refractivity contribution in [1.82, 2.24) is 5.32 Å². The van der Waals surface area contributed by atoms with Crippen LogP contribution in [0.25, 0.3) is 0 Å². The van der Waals surface area contributed by atoms with E-state index in [2.05, 4.69) is 18.8 Å². The summed E-state index contributed by atoms with van der Waals surface area (Å²) in [5.41, 5.74) is 1.09. The summed E-state index contributed by atoms with van der Waals surface area (Å²) in [6.45, 7) is 7.07. The van der Waals surface area contributed by atoms with E-state index in [4.69, 9.17) is 4.74 Å². The van der Waals surface area contributed by atoms with Crippen LogP contribution in [-0.2, 0) is 4.74 Å². The number of hydrogen-bond acceptors (Lipinski definition) is 2. The lowest BCUT2D eigenvalue weighted by Gasteiger charge is -2.13. The summed E-state index contributed by atoms with van der Waals surface area (Å²) in [5.74, 6) is -0.199. The molecule has 0 spiro atoms. The van der Waals surface area contributed by atoms with E-state index < -0.39 is 0 Å². The van der Waals surface area contributed by atoms with E-state index in [1.807, 2.05) is 0 Å². The minimum Gasteiger partial charge on any atom is -0.502 e. The molecule has 88 valence electrons. The van der Waals surface area contributed by atoms with Gasteiger partial charge in [-0.25, -0.2) is 4.39 Å². The first kappa shape index (κ1) is 12.7. The molecule has 0 amide bonds. The zero-order valence-corrected chi connectivity index (χ0v) is 9.58. The predicted molar refractivity (Wildman–Crippen MR) is 63.6 cm³/mol. The summed E-state index contributed by atoms with van der Waals surface area (Å²) in [5, 5.41) is 3.34. The van der Waals surface area contributed by atoms with Crippen LogP contribution >= 0.6 is 0 Å². The molecule has 1 aromatic carbocycles.